The number of hydrogen-bond acceptors (Lipinski definition) is 7. The van der Waals surface area contributed by atoms with E-state index >= 15 is 0 Å². The molecule has 1 aliphatic rings. The Labute approximate surface area is 159 Å². The lowest BCUT2D eigenvalue weighted by Gasteiger charge is -2.21. The van der Waals surface area contributed by atoms with E-state index in [-0.39, 0.29) is 28.7 Å². The van der Waals surface area contributed by atoms with Gasteiger partial charge in [-0.15, -0.1) is 0 Å². The van der Waals surface area contributed by atoms with Crippen molar-refractivity contribution in [2.24, 2.45) is 0 Å². The zero-order valence-electron chi connectivity index (χ0n) is 15.5. The van der Waals surface area contributed by atoms with Crippen LogP contribution in [0.15, 0.2) is 23.1 Å². The quantitative estimate of drug-likeness (QED) is 0.629. The van der Waals surface area contributed by atoms with Crippen molar-refractivity contribution < 1.29 is 31.1 Å². The number of benzene rings is 1. The first-order valence-corrected chi connectivity index (χ1v) is 11.6. The van der Waals surface area contributed by atoms with Gasteiger partial charge in [0.15, 0.2) is 21.3 Å². The van der Waals surface area contributed by atoms with Crippen molar-refractivity contribution >= 4 is 25.8 Å². The predicted molar refractivity (Wildman–Crippen MR) is 99.2 cm³/mol. The number of rotatable bonds is 8. The van der Waals surface area contributed by atoms with Gasteiger partial charge in [-0.2, -0.15) is 4.31 Å². The molecule has 1 aromatic rings. The molecule has 0 spiro atoms. The molecule has 1 saturated heterocycles. The topological polar surface area (TPSA) is 119 Å². The zero-order chi connectivity index (χ0) is 20.2. The third-order valence-corrected chi connectivity index (χ3v) is 7.95. The number of carbonyl (C=O) groups is 1. The molecule has 11 heteroatoms. The van der Waals surface area contributed by atoms with Crippen molar-refractivity contribution in [3.05, 3.63) is 18.2 Å². The van der Waals surface area contributed by atoms with Gasteiger partial charge in [0.2, 0.25) is 15.9 Å². The molecule has 0 aromatic heterocycles. The van der Waals surface area contributed by atoms with Gasteiger partial charge in [-0.3, -0.25) is 4.79 Å². The van der Waals surface area contributed by atoms with Crippen LogP contribution in [0.3, 0.4) is 0 Å². The zero-order valence-corrected chi connectivity index (χ0v) is 17.1. The van der Waals surface area contributed by atoms with Crippen molar-refractivity contribution in [3.63, 3.8) is 0 Å². The van der Waals surface area contributed by atoms with E-state index in [4.69, 9.17) is 9.47 Å². The standard InChI is InChI=1S/C16H24N2O7S2/c1-4-18(10-16(19)17-12-7-8-26(20,21)11-12)27(22,23)13-5-6-14(24-2)15(9-13)25-3/h5-6,9,12H,4,7-8,10-11H2,1-3H3,(H,17,19). The summed E-state index contributed by atoms with van der Waals surface area (Å²) in [5.74, 6) is 0.0186. The van der Waals surface area contributed by atoms with Crippen molar-refractivity contribution in [2.75, 3.05) is 38.8 Å². The number of carbonyl (C=O) groups excluding carboxylic acids is 1. The molecule has 1 aromatic carbocycles. The number of likely N-dealkylation sites (N-methyl/N-ethyl adjacent to an activating group) is 1. The fraction of sp³-hybridized carbons (Fsp3) is 0.562. The van der Waals surface area contributed by atoms with Crippen LogP contribution in [-0.4, -0.2) is 71.9 Å². The third kappa shape index (κ3) is 5.11. The van der Waals surface area contributed by atoms with Crippen LogP contribution in [0, 0.1) is 0 Å². The Morgan fingerprint density at radius 2 is 1.93 bits per heavy atom. The molecule has 1 amide bonds. The van der Waals surface area contributed by atoms with Crippen LogP contribution in [0.2, 0.25) is 0 Å². The van der Waals surface area contributed by atoms with Crippen LogP contribution in [0.5, 0.6) is 11.5 Å². The number of amides is 1. The van der Waals surface area contributed by atoms with Crippen LogP contribution in [0.4, 0.5) is 0 Å². The van der Waals surface area contributed by atoms with Gasteiger partial charge in [-0.25, -0.2) is 16.8 Å². The normalized spacial score (nSPS) is 19.0. The van der Waals surface area contributed by atoms with Crippen LogP contribution >= 0.6 is 0 Å². The molecule has 2 rings (SSSR count). The fourth-order valence-corrected chi connectivity index (χ4v) is 5.93. The summed E-state index contributed by atoms with van der Waals surface area (Å²) in [4.78, 5) is 12.2. The highest BCUT2D eigenvalue weighted by Crippen LogP contribution is 2.30. The highest BCUT2D eigenvalue weighted by molar-refractivity contribution is 7.91. The summed E-state index contributed by atoms with van der Waals surface area (Å²) in [7, 11) is -4.23. The Bertz CT molecular complexity index is 897. The second-order valence-corrected chi connectivity index (χ2v) is 10.3. The molecule has 0 bridgehead atoms. The van der Waals surface area contributed by atoms with Gasteiger partial charge in [0.05, 0.1) is 37.2 Å². The smallest absolute Gasteiger partial charge is 0.243 e. The van der Waals surface area contributed by atoms with Gasteiger partial charge < -0.3 is 14.8 Å². The van der Waals surface area contributed by atoms with E-state index in [0.29, 0.717) is 12.2 Å². The highest BCUT2D eigenvalue weighted by atomic mass is 32.2. The summed E-state index contributed by atoms with van der Waals surface area (Å²) in [6, 6.07) is 3.70. The predicted octanol–water partition coefficient (Wildman–Crippen LogP) is 0.0177. The van der Waals surface area contributed by atoms with E-state index in [2.05, 4.69) is 5.32 Å². The molecule has 27 heavy (non-hydrogen) atoms. The number of ether oxygens (including phenoxy) is 2. The molecule has 1 aliphatic heterocycles. The number of hydrogen-bond donors (Lipinski definition) is 1. The first kappa shape index (κ1) is 21.5. The van der Waals surface area contributed by atoms with Gasteiger partial charge in [0, 0.05) is 18.7 Å². The summed E-state index contributed by atoms with van der Waals surface area (Å²) in [6.07, 6.45) is 0.336. The highest BCUT2D eigenvalue weighted by Gasteiger charge is 2.31. The van der Waals surface area contributed by atoms with Crippen LogP contribution in [0.25, 0.3) is 0 Å². The number of sulfone groups is 1. The molecule has 9 nitrogen and oxygen atoms in total. The minimum atomic E-state index is -3.94. The lowest BCUT2D eigenvalue weighted by molar-refractivity contribution is -0.121. The largest absolute Gasteiger partial charge is 0.493 e. The molecule has 0 radical (unpaired) electrons. The summed E-state index contributed by atoms with van der Waals surface area (Å²) in [5.41, 5.74) is 0. The summed E-state index contributed by atoms with van der Waals surface area (Å²) >= 11 is 0. The summed E-state index contributed by atoms with van der Waals surface area (Å²) < 4.78 is 59.9. The summed E-state index contributed by atoms with van der Waals surface area (Å²) in [5, 5.41) is 2.59. The average molecular weight is 421 g/mol. The van der Waals surface area contributed by atoms with Crippen molar-refractivity contribution in [3.8, 4) is 11.5 Å². The fourth-order valence-electron chi connectivity index (χ4n) is 2.84. The molecule has 1 atom stereocenters. The molecule has 152 valence electrons. The Balaban J connectivity index is 2.14. The lowest BCUT2D eigenvalue weighted by Crippen LogP contribution is -2.44. The van der Waals surface area contributed by atoms with Gasteiger partial charge in [0.1, 0.15) is 0 Å². The molecule has 0 aliphatic carbocycles. The number of nitrogens with one attached hydrogen (secondary N) is 1. The number of nitrogens with zero attached hydrogens (tertiary/aromatic N) is 1. The SMILES string of the molecule is CCN(CC(=O)NC1CCS(=O)(=O)C1)S(=O)(=O)c1ccc(OC)c(OC)c1. The van der Waals surface area contributed by atoms with Gasteiger partial charge in [-0.05, 0) is 18.6 Å². The van der Waals surface area contributed by atoms with Crippen molar-refractivity contribution in [1.29, 1.82) is 0 Å². The molecular formula is C16H24N2O7S2. The first-order chi connectivity index (χ1) is 12.6. The van der Waals surface area contributed by atoms with Crippen LogP contribution in [-0.2, 0) is 24.7 Å². The monoisotopic (exact) mass is 420 g/mol. The minimum Gasteiger partial charge on any atom is -0.493 e. The van der Waals surface area contributed by atoms with E-state index in [1.54, 1.807) is 6.92 Å². The number of sulfonamides is 1. The van der Waals surface area contributed by atoms with Gasteiger partial charge in [-0.1, -0.05) is 6.92 Å². The van der Waals surface area contributed by atoms with Crippen LogP contribution < -0.4 is 14.8 Å². The van der Waals surface area contributed by atoms with E-state index in [1.165, 1.54) is 32.4 Å². The second kappa shape index (κ2) is 8.44. The van der Waals surface area contributed by atoms with Gasteiger partial charge in [0.25, 0.3) is 0 Å². The molecule has 0 saturated carbocycles. The average Bonchev–Trinajstić information content (AvgIpc) is 2.96. The maximum Gasteiger partial charge on any atom is 0.243 e. The molecule has 1 fully saturated rings. The first-order valence-electron chi connectivity index (χ1n) is 8.35. The molecule has 1 heterocycles. The Kier molecular flexibility index (Phi) is 6.71. The number of methoxy groups -OCH3 is 2. The van der Waals surface area contributed by atoms with E-state index < -0.39 is 38.4 Å². The van der Waals surface area contributed by atoms with E-state index in [9.17, 15) is 21.6 Å². The Morgan fingerprint density at radius 1 is 1.26 bits per heavy atom. The van der Waals surface area contributed by atoms with Gasteiger partial charge >= 0.3 is 0 Å². The van der Waals surface area contributed by atoms with Crippen LogP contribution in [0.1, 0.15) is 13.3 Å². The van der Waals surface area contributed by atoms with Crippen molar-refractivity contribution in [1.82, 2.24) is 9.62 Å². The lowest BCUT2D eigenvalue weighted by atomic mass is 10.2. The maximum absolute atomic E-state index is 12.9. The van der Waals surface area contributed by atoms with Crippen molar-refractivity contribution in [2.45, 2.75) is 24.3 Å². The Hall–Kier alpha value is -1.85. The minimum absolute atomic E-state index is 0.0272. The van der Waals surface area contributed by atoms with E-state index in [0.717, 1.165) is 4.31 Å². The Morgan fingerprint density at radius 3 is 2.44 bits per heavy atom. The molecule has 1 unspecified atom stereocenters. The molecular weight excluding hydrogens is 396 g/mol. The molecule has 1 N–H and O–H groups in total. The third-order valence-electron chi connectivity index (χ3n) is 4.26. The van der Waals surface area contributed by atoms with E-state index in [1.807, 2.05) is 0 Å². The second-order valence-electron chi connectivity index (χ2n) is 6.12. The maximum atomic E-state index is 12.9. The summed E-state index contributed by atoms with van der Waals surface area (Å²) in [6.45, 7) is 1.29.